The Hall–Kier alpha value is -3.16. The number of methoxy groups -OCH3 is 3. The van der Waals surface area contributed by atoms with E-state index >= 15 is 0 Å². The largest absolute Gasteiger partial charge is 0.545 e. The van der Waals surface area contributed by atoms with Crippen molar-refractivity contribution in [3.05, 3.63) is 33.4 Å². The van der Waals surface area contributed by atoms with Crippen LogP contribution in [0.3, 0.4) is 0 Å². The minimum Gasteiger partial charge on any atom is -0.545 e. The number of carboxylic acids is 3. The van der Waals surface area contributed by atoms with Gasteiger partial charge in [-0.05, 0) is 58.3 Å². The van der Waals surface area contributed by atoms with Crippen molar-refractivity contribution in [2.75, 3.05) is 21.3 Å². The molecule has 0 atom stereocenters. The van der Waals surface area contributed by atoms with Crippen LogP contribution in [0.5, 0.6) is 0 Å². The standard InChI is InChI=1S/3C7H10O4.C4H9.Sn/c3*1-4(6(8)9)5(2)7(10)11-3;1-3-4-2;/h3*1-3H3,(H,8,9);1,3-4H2,2H3;/q;;;;+3/p-3/b3*5-4-;;. The van der Waals surface area contributed by atoms with Crippen LogP contribution in [0.25, 0.3) is 0 Å². The number of hydrogen-bond donors (Lipinski definition) is 0. The van der Waals surface area contributed by atoms with Crippen molar-refractivity contribution < 1.29 is 58.3 Å². The zero-order valence-corrected chi connectivity index (χ0v) is 26.4. The Morgan fingerprint density at radius 1 is 0.526 bits per heavy atom. The average molecular weight is 647 g/mol. The molecule has 0 fully saturated rings. The molecule has 0 heterocycles. The number of unbranched alkanes of at least 4 members (excludes halogenated alkanes) is 1. The first kappa shape index (κ1) is 41.9. The fraction of sp³-hybridized carbons (Fsp3) is 0.520. The van der Waals surface area contributed by atoms with Crippen LogP contribution in [0.4, 0.5) is 0 Å². The average Bonchev–Trinajstić information content (AvgIpc) is 2.90. The van der Waals surface area contributed by atoms with Crippen molar-refractivity contribution in [1.82, 2.24) is 0 Å². The van der Waals surface area contributed by atoms with Gasteiger partial charge >= 0.3 is 64.6 Å². The fourth-order valence-electron chi connectivity index (χ4n) is 1.55. The van der Waals surface area contributed by atoms with Crippen molar-refractivity contribution in [1.29, 1.82) is 0 Å². The Balaban J connectivity index is -0.000000209. The molecule has 0 bridgehead atoms. The van der Waals surface area contributed by atoms with Gasteiger partial charge in [-0.3, -0.25) is 0 Å². The summed E-state index contributed by atoms with van der Waals surface area (Å²) in [6.07, 6.45) is 2.80. The van der Waals surface area contributed by atoms with Gasteiger partial charge in [0, 0.05) is 16.7 Å². The SMILES string of the molecule is CCC[CH2][Sn+3].COC(=O)/C(C)=C(/C)C(=O)[O-].COC(=O)/C(C)=C(/C)C(=O)[O-].COC(=O)/C(C)=C(/C)C(=O)[O-]. The Morgan fingerprint density at radius 2 is 0.737 bits per heavy atom. The molecular formula is C25H36O12Sn. The van der Waals surface area contributed by atoms with Gasteiger partial charge in [0.2, 0.25) is 0 Å². The number of rotatable bonds is 8. The molecular weight excluding hydrogens is 611 g/mol. The van der Waals surface area contributed by atoms with E-state index < -0.39 is 35.8 Å². The van der Waals surface area contributed by atoms with Crippen molar-refractivity contribution >= 4 is 58.3 Å². The molecule has 13 heteroatoms. The summed E-state index contributed by atoms with van der Waals surface area (Å²) >= 11 is 1.68. The third-order valence-electron chi connectivity index (χ3n) is 4.61. The Labute approximate surface area is 236 Å². The summed E-state index contributed by atoms with van der Waals surface area (Å²) in [4.78, 5) is 62.6. The summed E-state index contributed by atoms with van der Waals surface area (Å²) in [6, 6.07) is 0. The van der Waals surface area contributed by atoms with E-state index in [0.717, 1.165) is 0 Å². The van der Waals surface area contributed by atoms with Gasteiger partial charge in [0.05, 0.1) is 39.2 Å². The Kier molecular flexibility index (Phi) is 26.7. The van der Waals surface area contributed by atoms with Crippen LogP contribution in [0.15, 0.2) is 33.4 Å². The smallest absolute Gasteiger partial charge is 0.333 e. The maximum absolute atomic E-state index is 10.7. The molecule has 0 aromatic rings. The minimum atomic E-state index is -1.35. The topological polar surface area (TPSA) is 199 Å². The first-order chi connectivity index (χ1) is 17.4. The van der Waals surface area contributed by atoms with Crippen molar-refractivity contribution in [2.45, 2.75) is 65.7 Å². The van der Waals surface area contributed by atoms with E-state index in [2.05, 4.69) is 21.1 Å². The molecule has 12 nitrogen and oxygen atoms in total. The molecule has 0 aromatic heterocycles. The normalized spacial score (nSPS) is 11.5. The zero-order chi connectivity index (χ0) is 31.2. The van der Waals surface area contributed by atoms with Crippen LogP contribution < -0.4 is 15.3 Å². The summed E-state index contributed by atoms with van der Waals surface area (Å²) in [6.45, 7) is 10.2. The van der Waals surface area contributed by atoms with Crippen LogP contribution in [-0.2, 0) is 43.0 Å². The molecule has 38 heavy (non-hydrogen) atoms. The van der Waals surface area contributed by atoms with E-state index in [4.69, 9.17) is 0 Å². The first-order valence-corrected chi connectivity index (χ1v) is 13.0. The zero-order valence-electron chi connectivity index (χ0n) is 23.5. The molecule has 0 unspecified atom stereocenters. The van der Waals surface area contributed by atoms with Gasteiger partial charge in [-0.2, -0.15) is 0 Å². The van der Waals surface area contributed by atoms with Crippen molar-refractivity contribution in [2.24, 2.45) is 0 Å². The summed E-state index contributed by atoms with van der Waals surface area (Å²) in [5.41, 5.74) is -0.113. The van der Waals surface area contributed by atoms with Gasteiger partial charge in [0.15, 0.2) is 0 Å². The molecule has 0 saturated heterocycles. The van der Waals surface area contributed by atoms with Crippen molar-refractivity contribution in [3.63, 3.8) is 0 Å². The number of hydrogen-bond acceptors (Lipinski definition) is 12. The van der Waals surface area contributed by atoms with E-state index in [-0.39, 0.29) is 33.4 Å². The number of aliphatic carboxylic acids is 3. The number of esters is 3. The molecule has 0 N–H and O–H groups in total. The van der Waals surface area contributed by atoms with Crippen molar-refractivity contribution in [3.8, 4) is 0 Å². The fourth-order valence-corrected chi connectivity index (χ4v) is 2.56. The van der Waals surface area contributed by atoms with E-state index in [1.54, 1.807) is 22.5 Å². The second-order valence-corrected chi connectivity index (χ2v) is 8.62. The Morgan fingerprint density at radius 3 is 0.816 bits per heavy atom. The molecule has 0 amide bonds. The van der Waals surface area contributed by atoms with Gasteiger partial charge in [-0.25, -0.2) is 14.4 Å². The van der Waals surface area contributed by atoms with Gasteiger partial charge in [-0.15, -0.1) is 0 Å². The predicted octanol–water partition coefficient (Wildman–Crippen LogP) is -0.890. The van der Waals surface area contributed by atoms with E-state index in [1.165, 1.54) is 80.2 Å². The summed E-state index contributed by atoms with van der Waals surface area (Å²) in [5, 5.41) is 30.6. The molecule has 0 spiro atoms. The van der Waals surface area contributed by atoms with Crippen LogP contribution in [0, 0.1) is 0 Å². The summed E-state index contributed by atoms with van der Waals surface area (Å²) < 4.78 is 14.3. The predicted molar refractivity (Wildman–Crippen MR) is 132 cm³/mol. The summed E-state index contributed by atoms with van der Waals surface area (Å²) in [7, 11) is 3.57. The molecule has 0 aliphatic heterocycles. The number of carbonyl (C=O) groups excluding carboxylic acids is 6. The second kappa shape index (κ2) is 24.2. The summed E-state index contributed by atoms with van der Waals surface area (Å²) in [5.74, 6) is -6.00. The van der Waals surface area contributed by atoms with Crippen LogP contribution in [0.2, 0.25) is 4.44 Å². The molecule has 0 aliphatic rings. The molecule has 0 aliphatic carbocycles. The van der Waals surface area contributed by atoms with Crippen LogP contribution in [0.1, 0.15) is 61.3 Å². The van der Waals surface area contributed by atoms with Crippen LogP contribution >= 0.6 is 0 Å². The molecule has 212 valence electrons. The van der Waals surface area contributed by atoms with Crippen LogP contribution in [-0.4, -0.2) is 79.7 Å². The van der Waals surface area contributed by atoms with Gasteiger partial charge in [0.1, 0.15) is 0 Å². The number of ether oxygens (including phenoxy) is 3. The Bertz CT molecular complexity index is 811. The maximum atomic E-state index is 10.7. The monoisotopic (exact) mass is 648 g/mol. The molecule has 0 aromatic carbocycles. The van der Waals surface area contributed by atoms with E-state index in [9.17, 15) is 44.1 Å². The quantitative estimate of drug-likeness (QED) is 0.137. The molecule has 0 radical (unpaired) electrons. The van der Waals surface area contributed by atoms with E-state index in [1.807, 2.05) is 0 Å². The second-order valence-electron chi connectivity index (χ2n) is 7.19. The van der Waals surface area contributed by atoms with Gasteiger partial charge < -0.3 is 43.9 Å². The van der Waals surface area contributed by atoms with E-state index in [0.29, 0.717) is 0 Å². The molecule has 0 saturated carbocycles. The van der Waals surface area contributed by atoms with Gasteiger partial charge in [-0.1, -0.05) is 0 Å². The third-order valence-corrected chi connectivity index (χ3v) is 5.62. The number of carbonyl (C=O) groups is 6. The third kappa shape index (κ3) is 20.0. The minimum absolute atomic E-state index is 0.0625. The molecule has 0 rings (SSSR count). The van der Waals surface area contributed by atoms with Gasteiger partial charge in [0.25, 0.3) is 0 Å². The maximum Gasteiger partial charge on any atom is 0.333 e. The number of carboxylic acid groups (broad SMARTS) is 3. The first-order valence-electron chi connectivity index (χ1n) is 11.0.